The van der Waals surface area contributed by atoms with Crippen LogP contribution in [-0.2, 0) is 19.4 Å². The van der Waals surface area contributed by atoms with Gasteiger partial charge in [-0.3, -0.25) is 4.79 Å². The molecule has 19 heavy (non-hydrogen) atoms. The van der Waals surface area contributed by atoms with Crippen LogP contribution in [0.1, 0.15) is 33.5 Å². The van der Waals surface area contributed by atoms with Gasteiger partial charge in [-0.25, -0.2) is 0 Å². The van der Waals surface area contributed by atoms with Gasteiger partial charge in [0, 0.05) is 18.5 Å². The van der Waals surface area contributed by atoms with E-state index in [4.69, 9.17) is 0 Å². The number of hydrogen-bond acceptors (Lipinski definition) is 3. The molecular formula is C16H17NOS. The second kappa shape index (κ2) is 5.68. The lowest BCUT2D eigenvalue weighted by Gasteiger charge is -2.19. The predicted molar refractivity (Wildman–Crippen MR) is 78.8 cm³/mol. The molecule has 0 unspecified atom stereocenters. The van der Waals surface area contributed by atoms with Crippen LogP contribution < -0.4 is 5.32 Å². The molecule has 98 valence electrons. The van der Waals surface area contributed by atoms with Crippen molar-refractivity contribution in [3.05, 3.63) is 57.3 Å². The van der Waals surface area contributed by atoms with Crippen LogP contribution in [0.3, 0.4) is 0 Å². The van der Waals surface area contributed by atoms with Crippen molar-refractivity contribution in [2.45, 2.75) is 25.8 Å². The van der Waals surface area contributed by atoms with E-state index in [2.05, 4.69) is 28.2 Å². The zero-order valence-electron chi connectivity index (χ0n) is 10.8. The third-order valence-electron chi connectivity index (χ3n) is 3.66. The van der Waals surface area contributed by atoms with E-state index in [9.17, 15) is 4.79 Å². The van der Waals surface area contributed by atoms with Crippen molar-refractivity contribution >= 4 is 17.1 Å². The van der Waals surface area contributed by atoms with Crippen LogP contribution in [0.2, 0.25) is 0 Å². The van der Waals surface area contributed by atoms with Crippen molar-refractivity contribution in [2.75, 3.05) is 6.54 Å². The van der Waals surface area contributed by atoms with Crippen LogP contribution in [0, 0.1) is 0 Å². The number of aryl methyl sites for hydroxylation is 1. The molecule has 0 saturated carbocycles. The summed E-state index contributed by atoms with van der Waals surface area (Å²) in [6.07, 6.45) is 2.43. The molecular weight excluding hydrogens is 254 g/mol. The molecule has 1 aliphatic rings. The van der Waals surface area contributed by atoms with Crippen molar-refractivity contribution in [1.82, 2.24) is 5.32 Å². The summed E-state index contributed by atoms with van der Waals surface area (Å²) in [7, 11) is 0. The number of ketones is 1. The van der Waals surface area contributed by atoms with Gasteiger partial charge in [0.2, 0.25) is 0 Å². The second-order valence-corrected chi connectivity index (χ2v) is 5.70. The number of nitrogens with one attached hydrogen (secondary N) is 1. The lowest BCUT2D eigenvalue weighted by atomic mass is 9.91. The number of fused-ring (bicyclic) bond motifs is 1. The number of thiophene rings is 1. The van der Waals surface area contributed by atoms with Crippen molar-refractivity contribution in [3.8, 4) is 0 Å². The summed E-state index contributed by atoms with van der Waals surface area (Å²) in [5.74, 6) is 0.282. The van der Waals surface area contributed by atoms with E-state index in [0.29, 0.717) is 6.42 Å². The predicted octanol–water partition coefficient (Wildman–Crippen LogP) is 3.21. The molecule has 0 bridgehead atoms. The van der Waals surface area contributed by atoms with E-state index < -0.39 is 0 Å². The summed E-state index contributed by atoms with van der Waals surface area (Å²) >= 11 is 1.69. The van der Waals surface area contributed by atoms with Crippen LogP contribution >= 0.6 is 11.3 Å². The first-order valence-electron chi connectivity index (χ1n) is 6.70. The summed E-state index contributed by atoms with van der Waals surface area (Å²) < 4.78 is 0. The van der Waals surface area contributed by atoms with Gasteiger partial charge in [-0.2, -0.15) is 11.3 Å². The summed E-state index contributed by atoms with van der Waals surface area (Å²) in [5.41, 5.74) is 4.75. The summed E-state index contributed by atoms with van der Waals surface area (Å²) in [5, 5.41) is 7.54. The summed E-state index contributed by atoms with van der Waals surface area (Å²) in [6, 6.07) is 8.21. The van der Waals surface area contributed by atoms with E-state index in [1.54, 1.807) is 11.3 Å². The highest BCUT2D eigenvalue weighted by atomic mass is 32.1. The summed E-state index contributed by atoms with van der Waals surface area (Å²) in [4.78, 5) is 12.4. The lowest BCUT2D eigenvalue weighted by Crippen LogP contribution is -2.25. The van der Waals surface area contributed by atoms with E-state index in [0.717, 1.165) is 31.5 Å². The monoisotopic (exact) mass is 271 g/mol. The smallest absolute Gasteiger partial charge is 0.163 e. The van der Waals surface area contributed by atoms with Gasteiger partial charge in [0.25, 0.3) is 0 Å². The van der Waals surface area contributed by atoms with Gasteiger partial charge in [0.15, 0.2) is 5.78 Å². The van der Waals surface area contributed by atoms with Crippen LogP contribution in [0.15, 0.2) is 35.0 Å². The Morgan fingerprint density at radius 2 is 2.26 bits per heavy atom. The average molecular weight is 271 g/mol. The molecule has 1 aromatic carbocycles. The molecule has 1 aliphatic heterocycles. The molecule has 3 heteroatoms. The highest BCUT2D eigenvalue weighted by Crippen LogP contribution is 2.21. The Kier molecular flexibility index (Phi) is 3.76. The van der Waals surface area contributed by atoms with Crippen LogP contribution in [0.4, 0.5) is 0 Å². The van der Waals surface area contributed by atoms with Crippen molar-refractivity contribution in [3.63, 3.8) is 0 Å². The van der Waals surface area contributed by atoms with Gasteiger partial charge in [0.05, 0.1) is 0 Å². The molecule has 0 atom stereocenters. The molecule has 1 aromatic heterocycles. The van der Waals surface area contributed by atoms with Gasteiger partial charge in [0.1, 0.15) is 0 Å². The molecule has 2 nitrogen and oxygen atoms in total. The normalized spacial score (nSPS) is 14.1. The number of hydrogen-bond donors (Lipinski definition) is 1. The average Bonchev–Trinajstić information content (AvgIpc) is 2.97. The van der Waals surface area contributed by atoms with Crippen LogP contribution in [0.5, 0.6) is 0 Å². The fraction of sp³-hybridized carbons (Fsp3) is 0.312. The highest BCUT2D eigenvalue weighted by Gasteiger charge is 2.16. The van der Waals surface area contributed by atoms with Gasteiger partial charge in [-0.15, -0.1) is 0 Å². The fourth-order valence-corrected chi connectivity index (χ4v) is 3.32. The number of carbonyl (C=O) groups is 1. The topological polar surface area (TPSA) is 29.1 Å². The Balaban J connectivity index is 1.76. The minimum Gasteiger partial charge on any atom is -0.312 e. The molecule has 0 fully saturated rings. The molecule has 0 amide bonds. The quantitative estimate of drug-likeness (QED) is 0.865. The van der Waals surface area contributed by atoms with Crippen LogP contribution in [-0.4, -0.2) is 12.3 Å². The standard InChI is InChI=1S/C16H17NOS/c18-16(5-4-12-7-9-19-11-12)15-3-1-2-13-10-17-8-6-14(13)15/h1-3,7,9,11,17H,4-6,8,10H2. The SMILES string of the molecule is O=C(CCc1ccsc1)c1cccc2c1CCNC2. The number of rotatable bonds is 4. The first-order valence-corrected chi connectivity index (χ1v) is 7.64. The molecule has 2 aromatic rings. The maximum atomic E-state index is 12.4. The first-order chi connectivity index (χ1) is 9.34. The van der Waals surface area contributed by atoms with E-state index >= 15 is 0 Å². The Hall–Kier alpha value is -1.45. The summed E-state index contributed by atoms with van der Waals surface area (Å²) in [6.45, 7) is 1.86. The first kappa shape index (κ1) is 12.6. The highest BCUT2D eigenvalue weighted by molar-refractivity contribution is 7.07. The maximum absolute atomic E-state index is 12.4. The molecule has 0 saturated heterocycles. The second-order valence-electron chi connectivity index (χ2n) is 4.92. The largest absolute Gasteiger partial charge is 0.312 e. The third-order valence-corrected chi connectivity index (χ3v) is 4.39. The Bertz CT molecular complexity index is 574. The molecule has 0 aliphatic carbocycles. The van der Waals surface area contributed by atoms with Crippen molar-refractivity contribution in [2.24, 2.45) is 0 Å². The van der Waals surface area contributed by atoms with E-state index in [-0.39, 0.29) is 5.78 Å². The van der Waals surface area contributed by atoms with E-state index in [1.165, 1.54) is 16.7 Å². The Morgan fingerprint density at radius 3 is 3.11 bits per heavy atom. The van der Waals surface area contributed by atoms with Gasteiger partial charge < -0.3 is 5.32 Å². The zero-order valence-corrected chi connectivity index (χ0v) is 11.6. The lowest BCUT2D eigenvalue weighted by molar-refractivity contribution is 0.0981. The molecule has 1 N–H and O–H groups in total. The van der Waals surface area contributed by atoms with E-state index in [1.807, 2.05) is 12.1 Å². The van der Waals surface area contributed by atoms with Crippen molar-refractivity contribution < 1.29 is 4.79 Å². The molecule has 3 rings (SSSR count). The molecule has 0 radical (unpaired) electrons. The zero-order chi connectivity index (χ0) is 13.1. The van der Waals surface area contributed by atoms with Crippen molar-refractivity contribution in [1.29, 1.82) is 0 Å². The fourth-order valence-electron chi connectivity index (χ4n) is 2.62. The Labute approximate surface area is 117 Å². The number of carbonyl (C=O) groups excluding carboxylic acids is 1. The third kappa shape index (κ3) is 2.77. The van der Waals surface area contributed by atoms with Gasteiger partial charge in [-0.05, 0) is 52.9 Å². The molecule has 0 spiro atoms. The Morgan fingerprint density at radius 1 is 1.32 bits per heavy atom. The number of benzene rings is 1. The maximum Gasteiger partial charge on any atom is 0.163 e. The minimum absolute atomic E-state index is 0.282. The number of Topliss-reactive ketones (excluding diaryl/α,β-unsaturated/α-hetero) is 1. The van der Waals surface area contributed by atoms with Gasteiger partial charge >= 0.3 is 0 Å². The van der Waals surface area contributed by atoms with Gasteiger partial charge in [-0.1, -0.05) is 18.2 Å². The van der Waals surface area contributed by atoms with Crippen LogP contribution in [0.25, 0.3) is 0 Å². The minimum atomic E-state index is 0.282. The molecule has 2 heterocycles.